The molecule has 5 heteroatoms. The van der Waals surface area contributed by atoms with Crippen molar-refractivity contribution in [1.82, 2.24) is 10.2 Å². The van der Waals surface area contributed by atoms with E-state index >= 15 is 0 Å². The lowest BCUT2D eigenvalue weighted by molar-refractivity contribution is -0.134. The van der Waals surface area contributed by atoms with E-state index < -0.39 is 0 Å². The molecule has 0 saturated heterocycles. The zero-order valence-electron chi connectivity index (χ0n) is 10.8. The number of likely N-dealkylation sites (N-methyl/N-ethyl adjacent to an activating group) is 1. The van der Waals surface area contributed by atoms with Gasteiger partial charge in [0, 0.05) is 20.7 Å². The number of aliphatic hydroxyl groups excluding tert-OH is 1. The van der Waals surface area contributed by atoms with Crippen molar-refractivity contribution in [3.05, 3.63) is 0 Å². The first-order valence-electron chi connectivity index (χ1n) is 6.30. The Kier molecular flexibility index (Phi) is 6.47. The summed E-state index contributed by atoms with van der Waals surface area (Å²) in [7, 11) is 3.41. The molecule has 1 saturated carbocycles. The van der Waals surface area contributed by atoms with Gasteiger partial charge in [-0.15, -0.1) is 0 Å². The minimum absolute atomic E-state index is 0.0134. The van der Waals surface area contributed by atoms with E-state index in [4.69, 9.17) is 4.74 Å². The van der Waals surface area contributed by atoms with Gasteiger partial charge in [0.25, 0.3) is 0 Å². The Hall–Kier alpha value is -0.650. The van der Waals surface area contributed by atoms with E-state index in [1.807, 2.05) is 0 Å². The van der Waals surface area contributed by atoms with Crippen molar-refractivity contribution in [3.8, 4) is 0 Å². The molecule has 0 heterocycles. The summed E-state index contributed by atoms with van der Waals surface area (Å²) >= 11 is 0. The number of methoxy groups -OCH3 is 1. The molecule has 1 rings (SSSR count). The van der Waals surface area contributed by atoms with Gasteiger partial charge in [-0.25, -0.2) is 0 Å². The molecule has 0 aromatic heterocycles. The molecule has 0 aliphatic heterocycles. The Labute approximate surface area is 103 Å². The van der Waals surface area contributed by atoms with E-state index in [9.17, 15) is 9.90 Å². The predicted octanol–water partition coefficient (Wildman–Crippen LogP) is -0.0157. The van der Waals surface area contributed by atoms with E-state index in [1.165, 1.54) is 0 Å². The molecule has 1 fully saturated rings. The first-order valence-corrected chi connectivity index (χ1v) is 6.30. The van der Waals surface area contributed by atoms with Crippen LogP contribution in [0.1, 0.15) is 25.7 Å². The number of amides is 1. The number of hydrogen-bond acceptors (Lipinski definition) is 4. The monoisotopic (exact) mass is 244 g/mol. The molecule has 2 N–H and O–H groups in total. The maximum atomic E-state index is 11.9. The van der Waals surface area contributed by atoms with E-state index in [2.05, 4.69) is 5.32 Å². The summed E-state index contributed by atoms with van der Waals surface area (Å²) in [5.74, 6) is 0.0343. The molecule has 17 heavy (non-hydrogen) atoms. The maximum Gasteiger partial charge on any atom is 0.236 e. The van der Waals surface area contributed by atoms with E-state index in [0.29, 0.717) is 19.7 Å². The van der Waals surface area contributed by atoms with Crippen LogP contribution in [0.25, 0.3) is 0 Å². The number of carbonyl (C=O) groups excluding carboxylic acids is 1. The largest absolute Gasteiger partial charge is 0.391 e. The minimum atomic E-state index is -0.364. The smallest absolute Gasteiger partial charge is 0.236 e. The molecular formula is C12H24N2O3. The van der Waals surface area contributed by atoms with E-state index in [-0.39, 0.29) is 18.1 Å². The van der Waals surface area contributed by atoms with Crippen molar-refractivity contribution in [3.63, 3.8) is 0 Å². The highest BCUT2D eigenvalue weighted by Gasteiger charge is 2.28. The summed E-state index contributed by atoms with van der Waals surface area (Å²) in [5, 5.41) is 12.9. The van der Waals surface area contributed by atoms with Gasteiger partial charge in [-0.1, -0.05) is 12.8 Å². The Balaban J connectivity index is 2.29. The number of nitrogens with one attached hydrogen (secondary N) is 1. The molecule has 100 valence electrons. The van der Waals surface area contributed by atoms with Crippen molar-refractivity contribution >= 4 is 5.91 Å². The fourth-order valence-corrected chi connectivity index (χ4v) is 2.22. The van der Waals surface area contributed by atoms with Gasteiger partial charge in [0.05, 0.1) is 25.3 Å². The van der Waals surface area contributed by atoms with Crippen LogP contribution < -0.4 is 5.32 Å². The van der Waals surface area contributed by atoms with E-state index in [0.717, 1.165) is 25.7 Å². The first kappa shape index (κ1) is 14.4. The molecule has 0 bridgehead atoms. The summed E-state index contributed by atoms with van der Waals surface area (Å²) in [6.45, 7) is 1.58. The van der Waals surface area contributed by atoms with Crippen molar-refractivity contribution in [2.45, 2.75) is 37.8 Å². The van der Waals surface area contributed by atoms with Crippen LogP contribution >= 0.6 is 0 Å². The maximum absolute atomic E-state index is 11.9. The Bertz CT molecular complexity index is 236. The topological polar surface area (TPSA) is 61.8 Å². The lowest BCUT2D eigenvalue weighted by Gasteiger charge is -2.35. The highest BCUT2D eigenvalue weighted by atomic mass is 16.5. The number of nitrogens with zero attached hydrogens (tertiary/aromatic N) is 1. The minimum Gasteiger partial charge on any atom is -0.391 e. The molecule has 0 radical (unpaired) electrons. The van der Waals surface area contributed by atoms with Crippen molar-refractivity contribution < 1.29 is 14.6 Å². The molecule has 0 aromatic rings. The van der Waals surface area contributed by atoms with Gasteiger partial charge in [-0.3, -0.25) is 4.79 Å². The number of carbonyl (C=O) groups is 1. The van der Waals surface area contributed by atoms with Gasteiger partial charge in [-0.05, 0) is 12.8 Å². The number of rotatable bonds is 6. The lowest BCUT2D eigenvalue weighted by Crippen LogP contribution is -2.49. The van der Waals surface area contributed by atoms with Gasteiger partial charge in [0.1, 0.15) is 0 Å². The van der Waals surface area contributed by atoms with Crippen LogP contribution in [0.4, 0.5) is 0 Å². The zero-order valence-corrected chi connectivity index (χ0v) is 10.8. The van der Waals surface area contributed by atoms with Crippen molar-refractivity contribution in [2.24, 2.45) is 0 Å². The summed E-state index contributed by atoms with van der Waals surface area (Å²) in [5.41, 5.74) is 0. The third-order valence-corrected chi connectivity index (χ3v) is 3.34. The fraction of sp³-hybridized carbons (Fsp3) is 0.917. The van der Waals surface area contributed by atoms with Crippen LogP contribution in [0.15, 0.2) is 0 Å². The van der Waals surface area contributed by atoms with Gasteiger partial charge >= 0.3 is 0 Å². The van der Waals surface area contributed by atoms with Crippen LogP contribution in [-0.2, 0) is 9.53 Å². The number of ether oxygens (including phenoxy) is 1. The predicted molar refractivity (Wildman–Crippen MR) is 65.8 cm³/mol. The summed E-state index contributed by atoms with van der Waals surface area (Å²) in [6, 6.07) is -0.0134. The van der Waals surface area contributed by atoms with Gasteiger partial charge in [0.15, 0.2) is 0 Å². The molecule has 2 unspecified atom stereocenters. The second-order valence-electron chi connectivity index (χ2n) is 4.59. The zero-order chi connectivity index (χ0) is 12.7. The fourth-order valence-electron chi connectivity index (χ4n) is 2.22. The van der Waals surface area contributed by atoms with Crippen LogP contribution in [0.2, 0.25) is 0 Å². The highest BCUT2D eigenvalue weighted by Crippen LogP contribution is 2.22. The first-order chi connectivity index (χ1) is 8.16. The molecule has 1 aliphatic rings. The summed E-state index contributed by atoms with van der Waals surface area (Å²) in [4.78, 5) is 13.5. The average molecular weight is 244 g/mol. The Morgan fingerprint density at radius 3 is 2.82 bits per heavy atom. The van der Waals surface area contributed by atoms with Gasteiger partial charge < -0.3 is 20.1 Å². The summed E-state index contributed by atoms with van der Waals surface area (Å²) < 4.78 is 4.89. The molecule has 0 spiro atoms. The quantitative estimate of drug-likeness (QED) is 0.645. The molecule has 0 aromatic carbocycles. The Morgan fingerprint density at radius 2 is 2.18 bits per heavy atom. The van der Waals surface area contributed by atoms with Crippen LogP contribution in [0.3, 0.4) is 0 Å². The summed E-state index contributed by atoms with van der Waals surface area (Å²) in [6.07, 6.45) is 3.50. The molecular weight excluding hydrogens is 220 g/mol. The molecule has 1 amide bonds. The third kappa shape index (κ3) is 4.61. The van der Waals surface area contributed by atoms with Crippen LogP contribution in [0.5, 0.6) is 0 Å². The SMILES string of the molecule is COCCNCC(=O)N(C)C1CCCCC1O. The van der Waals surface area contributed by atoms with E-state index in [1.54, 1.807) is 19.1 Å². The molecule has 1 aliphatic carbocycles. The second kappa shape index (κ2) is 7.63. The standard InChI is InChI=1S/C12H24N2O3/c1-14(10-5-3-4-6-11(10)15)12(16)9-13-7-8-17-2/h10-11,13,15H,3-9H2,1-2H3. The second-order valence-corrected chi connectivity index (χ2v) is 4.59. The van der Waals surface area contributed by atoms with Crippen LogP contribution in [-0.4, -0.2) is 61.9 Å². The van der Waals surface area contributed by atoms with Gasteiger partial charge in [0.2, 0.25) is 5.91 Å². The van der Waals surface area contributed by atoms with Crippen molar-refractivity contribution in [2.75, 3.05) is 33.9 Å². The Morgan fingerprint density at radius 1 is 1.47 bits per heavy atom. The molecule has 5 nitrogen and oxygen atoms in total. The average Bonchev–Trinajstić information content (AvgIpc) is 2.34. The van der Waals surface area contributed by atoms with Crippen molar-refractivity contribution in [1.29, 1.82) is 0 Å². The third-order valence-electron chi connectivity index (χ3n) is 3.34. The van der Waals surface area contributed by atoms with Gasteiger partial charge in [-0.2, -0.15) is 0 Å². The number of aliphatic hydroxyl groups is 1. The molecule has 2 atom stereocenters. The highest BCUT2D eigenvalue weighted by molar-refractivity contribution is 5.78. The van der Waals surface area contributed by atoms with Crippen LogP contribution in [0, 0.1) is 0 Å². The number of hydrogen-bond donors (Lipinski definition) is 2. The normalized spacial score (nSPS) is 24.6. The lowest BCUT2D eigenvalue weighted by atomic mass is 9.91.